The zero-order chi connectivity index (χ0) is 31.2. The standard InChI is InChI=1S/C30H35Cl2N3O6S/c1-19(2)33-30(37)21(4)34(17-22-9-13-25(31)26(32)15-22)29(36)18-35(23-10-14-27(40-5)28(16-23)41-6)42(38,39)24-11-7-20(3)8-12-24/h7-16,19,21H,17-18H2,1-6H3,(H,33,37)/t21-/m1/s1. The van der Waals surface area contributed by atoms with Gasteiger partial charge in [0, 0.05) is 18.7 Å². The number of carbonyl (C=O) groups excluding carboxylic acids is 2. The largest absolute Gasteiger partial charge is 0.493 e. The van der Waals surface area contributed by atoms with E-state index in [1.54, 1.807) is 43.3 Å². The molecule has 0 aromatic heterocycles. The molecule has 0 aliphatic rings. The number of nitrogens with one attached hydrogen (secondary N) is 1. The Balaban J connectivity index is 2.10. The van der Waals surface area contributed by atoms with Crippen LogP contribution in [0.2, 0.25) is 10.0 Å². The monoisotopic (exact) mass is 635 g/mol. The number of amides is 2. The summed E-state index contributed by atoms with van der Waals surface area (Å²) < 4.78 is 39.7. The second kappa shape index (κ2) is 14.1. The fraction of sp³-hybridized carbons (Fsp3) is 0.333. The quantitative estimate of drug-likeness (QED) is 0.283. The van der Waals surface area contributed by atoms with Crippen LogP contribution in [0.4, 0.5) is 5.69 Å². The van der Waals surface area contributed by atoms with E-state index in [-0.39, 0.29) is 33.9 Å². The number of ether oxygens (including phenoxy) is 2. The van der Waals surface area contributed by atoms with Crippen molar-refractivity contribution in [2.45, 2.75) is 51.2 Å². The first kappa shape index (κ1) is 33.0. The van der Waals surface area contributed by atoms with Gasteiger partial charge in [-0.2, -0.15) is 0 Å². The number of hydrogen-bond acceptors (Lipinski definition) is 6. The van der Waals surface area contributed by atoms with Gasteiger partial charge in [0.1, 0.15) is 12.6 Å². The normalized spacial score (nSPS) is 12.0. The van der Waals surface area contributed by atoms with Crippen LogP contribution >= 0.6 is 23.2 Å². The van der Waals surface area contributed by atoms with E-state index < -0.39 is 34.4 Å². The van der Waals surface area contributed by atoms with E-state index in [2.05, 4.69) is 5.32 Å². The van der Waals surface area contributed by atoms with E-state index in [0.717, 1.165) is 9.87 Å². The van der Waals surface area contributed by atoms with Crippen molar-refractivity contribution in [3.63, 3.8) is 0 Å². The van der Waals surface area contributed by atoms with Crippen LogP contribution in [0, 0.1) is 6.92 Å². The molecule has 0 radical (unpaired) electrons. The average Bonchev–Trinajstić information content (AvgIpc) is 2.95. The summed E-state index contributed by atoms with van der Waals surface area (Å²) in [6.07, 6.45) is 0. The van der Waals surface area contributed by atoms with Gasteiger partial charge in [0.05, 0.1) is 34.8 Å². The van der Waals surface area contributed by atoms with E-state index in [1.807, 2.05) is 20.8 Å². The first-order valence-corrected chi connectivity index (χ1v) is 15.3. The van der Waals surface area contributed by atoms with Gasteiger partial charge in [0.15, 0.2) is 11.5 Å². The molecule has 1 atom stereocenters. The zero-order valence-electron chi connectivity index (χ0n) is 24.4. The molecule has 42 heavy (non-hydrogen) atoms. The number of benzene rings is 3. The predicted octanol–water partition coefficient (Wildman–Crippen LogP) is 5.46. The van der Waals surface area contributed by atoms with Crippen molar-refractivity contribution in [1.82, 2.24) is 10.2 Å². The maximum absolute atomic E-state index is 14.0. The van der Waals surface area contributed by atoms with Crippen LogP contribution < -0.4 is 19.1 Å². The van der Waals surface area contributed by atoms with E-state index >= 15 is 0 Å². The van der Waals surface area contributed by atoms with E-state index in [0.29, 0.717) is 16.3 Å². The first-order chi connectivity index (χ1) is 19.8. The van der Waals surface area contributed by atoms with E-state index in [4.69, 9.17) is 32.7 Å². The summed E-state index contributed by atoms with van der Waals surface area (Å²) in [5, 5.41) is 3.44. The maximum Gasteiger partial charge on any atom is 0.264 e. The van der Waals surface area contributed by atoms with Gasteiger partial charge in [-0.15, -0.1) is 0 Å². The Kier molecular flexibility index (Phi) is 11.1. The highest BCUT2D eigenvalue weighted by Crippen LogP contribution is 2.34. The SMILES string of the molecule is COc1ccc(N(CC(=O)N(Cc2ccc(Cl)c(Cl)c2)[C@H](C)C(=O)NC(C)C)S(=O)(=O)c2ccc(C)cc2)cc1OC. The lowest BCUT2D eigenvalue weighted by Gasteiger charge is -2.32. The molecule has 9 nitrogen and oxygen atoms in total. The topological polar surface area (TPSA) is 105 Å². The number of hydrogen-bond donors (Lipinski definition) is 1. The highest BCUT2D eigenvalue weighted by Gasteiger charge is 2.33. The van der Waals surface area contributed by atoms with Gasteiger partial charge in [-0.05, 0) is 69.7 Å². The van der Waals surface area contributed by atoms with Gasteiger partial charge in [-0.25, -0.2) is 8.42 Å². The molecule has 0 heterocycles. The molecule has 0 aliphatic heterocycles. The summed E-state index contributed by atoms with van der Waals surface area (Å²) in [6.45, 7) is 6.42. The molecule has 1 N–H and O–H groups in total. The molecular formula is C30H35Cl2N3O6S. The van der Waals surface area contributed by atoms with Gasteiger partial charge < -0.3 is 19.7 Å². The molecule has 0 fully saturated rings. The van der Waals surface area contributed by atoms with Crippen molar-refractivity contribution in [3.8, 4) is 11.5 Å². The Hall–Kier alpha value is -3.47. The molecule has 12 heteroatoms. The lowest BCUT2D eigenvalue weighted by Crippen LogP contribution is -2.52. The van der Waals surface area contributed by atoms with Crippen LogP contribution in [-0.2, 0) is 26.2 Å². The number of sulfonamides is 1. The minimum Gasteiger partial charge on any atom is -0.493 e. The van der Waals surface area contributed by atoms with Crippen molar-refractivity contribution in [1.29, 1.82) is 0 Å². The van der Waals surface area contributed by atoms with Gasteiger partial charge in [-0.1, -0.05) is 47.0 Å². The summed E-state index contributed by atoms with van der Waals surface area (Å²) in [4.78, 5) is 28.4. The fourth-order valence-electron chi connectivity index (χ4n) is 4.17. The summed E-state index contributed by atoms with van der Waals surface area (Å²) in [7, 11) is -1.35. The zero-order valence-corrected chi connectivity index (χ0v) is 26.7. The van der Waals surface area contributed by atoms with Crippen molar-refractivity contribution in [2.24, 2.45) is 0 Å². The molecule has 0 aliphatic carbocycles. The summed E-state index contributed by atoms with van der Waals surface area (Å²) in [6, 6.07) is 14.7. The Morgan fingerprint density at radius 1 is 0.881 bits per heavy atom. The Bertz CT molecular complexity index is 1530. The van der Waals surface area contributed by atoms with Crippen LogP contribution in [-0.4, -0.2) is 58.0 Å². The van der Waals surface area contributed by atoms with Gasteiger partial charge >= 0.3 is 0 Å². The lowest BCUT2D eigenvalue weighted by molar-refractivity contribution is -0.139. The highest BCUT2D eigenvalue weighted by atomic mass is 35.5. The molecule has 0 unspecified atom stereocenters. The van der Waals surface area contributed by atoms with Crippen molar-refractivity contribution in [3.05, 3.63) is 81.8 Å². The number of aryl methyl sites for hydroxylation is 1. The predicted molar refractivity (Wildman–Crippen MR) is 165 cm³/mol. The van der Waals surface area contributed by atoms with Crippen LogP contribution in [0.1, 0.15) is 31.9 Å². The Labute approximate surface area is 257 Å². The number of nitrogens with zero attached hydrogens (tertiary/aromatic N) is 2. The molecule has 0 bridgehead atoms. The smallest absolute Gasteiger partial charge is 0.264 e. The highest BCUT2D eigenvalue weighted by molar-refractivity contribution is 7.92. The van der Waals surface area contributed by atoms with Gasteiger partial charge in [0.2, 0.25) is 11.8 Å². The number of carbonyl (C=O) groups is 2. The third-order valence-electron chi connectivity index (χ3n) is 6.48. The molecule has 0 spiro atoms. The average molecular weight is 637 g/mol. The number of anilines is 1. The second-order valence-corrected chi connectivity index (χ2v) is 12.7. The number of rotatable bonds is 12. The van der Waals surface area contributed by atoms with Crippen LogP contribution in [0.3, 0.4) is 0 Å². The minimum absolute atomic E-state index is 0.00248. The third-order valence-corrected chi connectivity index (χ3v) is 9.01. The minimum atomic E-state index is -4.24. The fourth-order valence-corrected chi connectivity index (χ4v) is 5.90. The van der Waals surface area contributed by atoms with Crippen LogP contribution in [0.25, 0.3) is 0 Å². The second-order valence-electron chi connectivity index (χ2n) is 9.97. The molecule has 0 saturated carbocycles. The van der Waals surface area contributed by atoms with Gasteiger partial charge in [0.25, 0.3) is 10.0 Å². The lowest BCUT2D eigenvalue weighted by atomic mass is 10.1. The Morgan fingerprint density at radius 2 is 1.52 bits per heavy atom. The summed E-state index contributed by atoms with van der Waals surface area (Å²) in [5.74, 6) is -0.334. The molecular weight excluding hydrogens is 601 g/mol. The summed E-state index contributed by atoms with van der Waals surface area (Å²) >= 11 is 12.3. The molecule has 3 aromatic rings. The van der Waals surface area contributed by atoms with Crippen molar-refractivity contribution < 1.29 is 27.5 Å². The molecule has 3 aromatic carbocycles. The van der Waals surface area contributed by atoms with E-state index in [9.17, 15) is 18.0 Å². The Morgan fingerprint density at radius 3 is 2.10 bits per heavy atom. The number of methoxy groups -OCH3 is 2. The van der Waals surface area contributed by atoms with Crippen LogP contribution in [0.5, 0.6) is 11.5 Å². The molecule has 226 valence electrons. The summed E-state index contributed by atoms with van der Waals surface area (Å²) in [5.41, 5.74) is 1.66. The molecule has 2 amide bonds. The van der Waals surface area contributed by atoms with Crippen molar-refractivity contribution >= 4 is 50.7 Å². The van der Waals surface area contributed by atoms with E-state index in [1.165, 1.54) is 43.4 Å². The number of halogens is 2. The molecule has 0 saturated heterocycles. The van der Waals surface area contributed by atoms with Crippen molar-refractivity contribution in [2.75, 3.05) is 25.1 Å². The van der Waals surface area contributed by atoms with Crippen LogP contribution in [0.15, 0.2) is 65.6 Å². The maximum atomic E-state index is 14.0. The molecule has 3 rings (SSSR count). The third kappa shape index (κ3) is 7.87. The van der Waals surface area contributed by atoms with Gasteiger partial charge in [-0.3, -0.25) is 13.9 Å². The first-order valence-electron chi connectivity index (χ1n) is 13.1.